The highest BCUT2D eigenvalue weighted by Gasteiger charge is 1.97. The molecule has 3 nitrogen and oxygen atoms in total. The van der Waals surface area contributed by atoms with E-state index in [0.717, 1.165) is 29.2 Å². The van der Waals surface area contributed by atoms with Crippen molar-refractivity contribution in [3.8, 4) is 5.75 Å². The maximum atomic E-state index is 5.62. The zero-order valence-corrected chi connectivity index (χ0v) is 10.7. The van der Waals surface area contributed by atoms with Crippen LogP contribution in [0.3, 0.4) is 0 Å². The average molecular weight is 248 g/mol. The maximum absolute atomic E-state index is 5.62. The third kappa shape index (κ3) is 3.46. The molecular formula is C13H16N2OS. The number of hydrogen-bond donors (Lipinski definition) is 1. The summed E-state index contributed by atoms with van der Waals surface area (Å²) in [6.45, 7) is 3.60. The molecule has 0 amide bonds. The Hall–Kier alpha value is -1.55. The highest BCUT2D eigenvalue weighted by Crippen LogP contribution is 2.08. The van der Waals surface area contributed by atoms with Gasteiger partial charge in [0.25, 0.3) is 0 Å². The monoisotopic (exact) mass is 248 g/mol. The normalized spacial score (nSPS) is 10.4. The van der Waals surface area contributed by atoms with E-state index in [0.29, 0.717) is 6.61 Å². The Morgan fingerprint density at radius 2 is 2.06 bits per heavy atom. The Balaban J connectivity index is 1.77. The average Bonchev–Trinajstić information content (AvgIpc) is 2.65. The molecule has 90 valence electrons. The molecule has 0 bridgehead atoms. The fraction of sp³-hybridized carbons (Fsp3) is 0.308. The van der Waals surface area contributed by atoms with Crippen molar-refractivity contribution in [1.29, 1.82) is 0 Å². The summed E-state index contributed by atoms with van der Waals surface area (Å²) in [5, 5.41) is 0. The van der Waals surface area contributed by atoms with Gasteiger partial charge in [0.15, 0.2) is 4.77 Å². The van der Waals surface area contributed by atoms with E-state index in [9.17, 15) is 0 Å². The van der Waals surface area contributed by atoms with Gasteiger partial charge in [-0.2, -0.15) is 0 Å². The smallest absolute Gasteiger partial charge is 0.177 e. The van der Waals surface area contributed by atoms with Gasteiger partial charge in [-0.3, -0.25) is 0 Å². The van der Waals surface area contributed by atoms with Crippen molar-refractivity contribution in [2.24, 2.45) is 0 Å². The van der Waals surface area contributed by atoms with Crippen molar-refractivity contribution < 1.29 is 4.74 Å². The molecule has 0 aliphatic carbocycles. The van der Waals surface area contributed by atoms with Gasteiger partial charge in [0.1, 0.15) is 5.75 Å². The number of aromatic nitrogens is 2. The summed E-state index contributed by atoms with van der Waals surface area (Å²) in [6, 6.07) is 9.86. The molecule has 1 heterocycles. The summed E-state index contributed by atoms with van der Waals surface area (Å²) in [5.41, 5.74) is 1.10. The van der Waals surface area contributed by atoms with Crippen molar-refractivity contribution in [1.82, 2.24) is 9.55 Å². The van der Waals surface area contributed by atoms with E-state index in [1.165, 1.54) is 0 Å². The second-order valence-corrected chi connectivity index (χ2v) is 4.34. The molecular weight excluding hydrogens is 232 g/mol. The first-order valence-corrected chi connectivity index (χ1v) is 6.10. The number of aromatic amines is 1. The number of aryl methyl sites for hydroxylation is 2. The molecule has 4 heteroatoms. The lowest BCUT2D eigenvalue weighted by Gasteiger charge is -2.06. The summed E-state index contributed by atoms with van der Waals surface area (Å²) < 4.78 is 8.44. The van der Waals surface area contributed by atoms with Gasteiger partial charge < -0.3 is 14.3 Å². The second-order valence-electron chi connectivity index (χ2n) is 3.95. The topological polar surface area (TPSA) is 29.9 Å². The molecule has 0 unspecified atom stereocenters. The van der Waals surface area contributed by atoms with Crippen LogP contribution in [0.2, 0.25) is 0 Å². The molecule has 0 aliphatic rings. The molecule has 0 atom stereocenters. The molecule has 17 heavy (non-hydrogen) atoms. The zero-order chi connectivity index (χ0) is 12.1. The Labute approximate surface area is 106 Å². The number of rotatable bonds is 5. The fourth-order valence-corrected chi connectivity index (χ4v) is 1.98. The zero-order valence-electron chi connectivity index (χ0n) is 9.85. The van der Waals surface area contributed by atoms with Crippen molar-refractivity contribution in [2.75, 3.05) is 6.61 Å². The fourth-order valence-electron chi connectivity index (χ4n) is 1.67. The lowest BCUT2D eigenvalue weighted by Crippen LogP contribution is -2.03. The van der Waals surface area contributed by atoms with Crippen LogP contribution in [0.25, 0.3) is 0 Å². The van der Waals surface area contributed by atoms with Crippen LogP contribution in [0.1, 0.15) is 12.1 Å². The number of benzene rings is 1. The second kappa shape index (κ2) is 5.68. The highest BCUT2D eigenvalue weighted by molar-refractivity contribution is 7.71. The number of imidazole rings is 1. The van der Waals surface area contributed by atoms with Gasteiger partial charge in [-0.1, -0.05) is 18.2 Å². The Morgan fingerprint density at radius 3 is 2.71 bits per heavy atom. The molecule has 1 aromatic heterocycles. The molecule has 0 aliphatic heterocycles. The van der Waals surface area contributed by atoms with E-state index in [4.69, 9.17) is 17.0 Å². The van der Waals surface area contributed by atoms with E-state index in [1.807, 2.05) is 48.0 Å². The lowest BCUT2D eigenvalue weighted by atomic mass is 10.3. The van der Waals surface area contributed by atoms with Crippen LogP contribution >= 0.6 is 12.2 Å². The van der Waals surface area contributed by atoms with Gasteiger partial charge in [0, 0.05) is 18.4 Å². The minimum Gasteiger partial charge on any atom is -0.494 e. The molecule has 0 radical (unpaired) electrons. The molecule has 0 saturated carbocycles. The third-order valence-corrected chi connectivity index (χ3v) is 2.81. The number of ether oxygens (including phenoxy) is 1. The van der Waals surface area contributed by atoms with Gasteiger partial charge >= 0.3 is 0 Å². The van der Waals surface area contributed by atoms with Gasteiger partial charge in [-0.25, -0.2) is 0 Å². The summed E-state index contributed by atoms with van der Waals surface area (Å²) in [6.07, 6.45) is 2.98. The van der Waals surface area contributed by atoms with Gasteiger partial charge in [0.05, 0.1) is 6.61 Å². The van der Waals surface area contributed by atoms with Crippen molar-refractivity contribution >= 4 is 12.2 Å². The minimum atomic E-state index is 0.704. The minimum absolute atomic E-state index is 0.704. The van der Waals surface area contributed by atoms with Crippen LogP contribution in [0.4, 0.5) is 0 Å². The van der Waals surface area contributed by atoms with E-state index < -0.39 is 0 Å². The molecule has 2 aromatic rings. The summed E-state index contributed by atoms with van der Waals surface area (Å²) in [5.74, 6) is 0.918. The maximum Gasteiger partial charge on any atom is 0.177 e. The van der Waals surface area contributed by atoms with Crippen LogP contribution in [0.15, 0.2) is 36.5 Å². The molecule has 1 aromatic carbocycles. The Kier molecular flexibility index (Phi) is 3.98. The third-order valence-electron chi connectivity index (χ3n) is 2.47. The van der Waals surface area contributed by atoms with Crippen LogP contribution in [-0.4, -0.2) is 16.2 Å². The van der Waals surface area contributed by atoms with Crippen LogP contribution in [0, 0.1) is 11.7 Å². The van der Waals surface area contributed by atoms with Crippen LogP contribution < -0.4 is 4.74 Å². The number of nitrogens with zero attached hydrogens (tertiary/aromatic N) is 1. The van der Waals surface area contributed by atoms with Crippen molar-refractivity contribution in [3.05, 3.63) is 47.0 Å². The predicted octanol–water partition coefficient (Wildman–Crippen LogP) is 3.32. The number of para-hydroxylation sites is 1. The molecule has 2 rings (SSSR count). The molecule has 1 N–H and O–H groups in total. The first-order valence-electron chi connectivity index (χ1n) is 5.69. The van der Waals surface area contributed by atoms with E-state index in [-0.39, 0.29) is 0 Å². The van der Waals surface area contributed by atoms with Crippen LogP contribution in [0.5, 0.6) is 5.75 Å². The SMILES string of the molecule is Cc1cn(CCCOc2ccccc2)c(=S)[nH]1. The predicted molar refractivity (Wildman–Crippen MR) is 70.9 cm³/mol. The largest absolute Gasteiger partial charge is 0.494 e. The number of H-pyrrole nitrogens is 1. The van der Waals surface area contributed by atoms with E-state index in [2.05, 4.69) is 4.98 Å². The van der Waals surface area contributed by atoms with Crippen molar-refractivity contribution in [2.45, 2.75) is 19.9 Å². The van der Waals surface area contributed by atoms with Gasteiger partial charge in [-0.15, -0.1) is 0 Å². The molecule has 0 spiro atoms. The standard InChI is InChI=1S/C13H16N2OS/c1-11-10-15(13(17)14-11)8-5-9-16-12-6-3-2-4-7-12/h2-4,6-7,10H,5,8-9H2,1H3,(H,14,17). The Morgan fingerprint density at radius 1 is 1.29 bits per heavy atom. The first-order chi connectivity index (χ1) is 8.25. The number of hydrogen-bond acceptors (Lipinski definition) is 2. The van der Waals surface area contributed by atoms with Crippen molar-refractivity contribution in [3.63, 3.8) is 0 Å². The quantitative estimate of drug-likeness (QED) is 0.650. The summed E-state index contributed by atoms with van der Waals surface area (Å²) >= 11 is 5.18. The summed E-state index contributed by atoms with van der Waals surface area (Å²) in [4.78, 5) is 3.10. The lowest BCUT2D eigenvalue weighted by molar-refractivity contribution is 0.301. The molecule has 0 fully saturated rings. The summed E-state index contributed by atoms with van der Waals surface area (Å²) in [7, 11) is 0. The van der Waals surface area contributed by atoms with E-state index in [1.54, 1.807) is 0 Å². The van der Waals surface area contributed by atoms with E-state index >= 15 is 0 Å². The first kappa shape index (κ1) is 11.9. The van der Waals surface area contributed by atoms with Gasteiger partial charge in [-0.05, 0) is 37.7 Å². The highest BCUT2D eigenvalue weighted by atomic mass is 32.1. The van der Waals surface area contributed by atoms with Gasteiger partial charge in [0.2, 0.25) is 0 Å². The Bertz CT molecular complexity index is 516. The number of nitrogens with one attached hydrogen (secondary N) is 1. The van der Waals surface area contributed by atoms with Crippen LogP contribution in [-0.2, 0) is 6.54 Å². The molecule has 0 saturated heterocycles.